The molecular formula is C11H12ClNO. The van der Waals surface area contributed by atoms with Gasteiger partial charge in [-0.05, 0) is 37.0 Å². The highest BCUT2D eigenvalue weighted by Crippen LogP contribution is 2.24. The van der Waals surface area contributed by atoms with E-state index in [0.717, 1.165) is 24.9 Å². The zero-order chi connectivity index (χ0) is 9.97. The Balaban J connectivity index is 2.34. The van der Waals surface area contributed by atoms with Crippen molar-refractivity contribution in [2.24, 2.45) is 0 Å². The summed E-state index contributed by atoms with van der Waals surface area (Å²) in [5.74, 6) is 0.0909. The first-order valence-corrected chi connectivity index (χ1v) is 5.22. The second-order valence-electron chi connectivity index (χ2n) is 3.56. The summed E-state index contributed by atoms with van der Waals surface area (Å²) in [6.07, 6.45) is 3.68. The Labute approximate surface area is 88.3 Å². The number of anilines is 1. The van der Waals surface area contributed by atoms with E-state index in [4.69, 9.17) is 11.6 Å². The Bertz CT molecular complexity index is 362. The van der Waals surface area contributed by atoms with Gasteiger partial charge in [0.05, 0.1) is 0 Å². The minimum atomic E-state index is 0.0909. The van der Waals surface area contributed by atoms with Crippen LogP contribution in [0.4, 0.5) is 5.69 Å². The topological polar surface area (TPSA) is 29.1 Å². The smallest absolute Gasteiger partial charge is 0.224 e. The van der Waals surface area contributed by atoms with Crippen LogP contribution in [0.5, 0.6) is 0 Å². The van der Waals surface area contributed by atoms with Crippen LogP contribution in [0.3, 0.4) is 0 Å². The average molecular weight is 210 g/mol. The van der Waals surface area contributed by atoms with E-state index in [-0.39, 0.29) is 5.91 Å². The van der Waals surface area contributed by atoms with Crippen LogP contribution < -0.4 is 5.32 Å². The van der Waals surface area contributed by atoms with Crippen molar-refractivity contribution in [1.82, 2.24) is 0 Å². The van der Waals surface area contributed by atoms with E-state index in [1.165, 1.54) is 5.56 Å². The Kier molecular flexibility index (Phi) is 2.73. The summed E-state index contributed by atoms with van der Waals surface area (Å²) < 4.78 is 0. The first kappa shape index (κ1) is 9.53. The highest BCUT2D eigenvalue weighted by molar-refractivity contribution is 6.31. The lowest BCUT2D eigenvalue weighted by molar-refractivity contribution is -0.116. The lowest BCUT2D eigenvalue weighted by Crippen LogP contribution is -2.14. The van der Waals surface area contributed by atoms with Gasteiger partial charge in [0.25, 0.3) is 0 Å². The second-order valence-corrected chi connectivity index (χ2v) is 3.99. The largest absolute Gasteiger partial charge is 0.326 e. The van der Waals surface area contributed by atoms with Crippen molar-refractivity contribution in [3.63, 3.8) is 0 Å². The molecule has 1 heterocycles. The molecule has 1 aliphatic rings. The molecule has 1 amide bonds. The molecule has 74 valence electrons. The first-order valence-electron chi connectivity index (χ1n) is 4.84. The Hall–Kier alpha value is -1.02. The van der Waals surface area contributed by atoms with Gasteiger partial charge in [0.15, 0.2) is 0 Å². The van der Waals surface area contributed by atoms with Crippen LogP contribution in [0.1, 0.15) is 24.8 Å². The average Bonchev–Trinajstić information content (AvgIpc) is 2.12. The summed E-state index contributed by atoms with van der Waals surface area (Å²) >= 11 is 5.87. The van der Waals surface area contributed by atoms with Crippen LogP contribution in [0.15, 0.2) is 18.2 Å². The van der Waals surface area contributed by atoms with Gasteiger partial charge in [-0.25, -0.2) is 0 Å². The van der Waals surface area contributed by atoms with E-state index in [9.17, 15) is 4.79 Å². The molecule has 0 radical (unpaired) electrons. The zero-order valence-electron chi connectivity index (χ0n) is 7.85. The number of aryl methyl sites for hydroxylation is 1. The first-order chi connectivity index (χ1) is 6.75. The molecule has 0 fully saturated rings. The van der Waals surface area contributed by atoms with Crippen molar-refractivity contribution in [3.8, 4) is 0 Å². The Morgan fingerprint density at radius 1 is 1.21 bits per heavy atom. The molecule has 0 spiro atoms. The van der Waals surface area contributed by atoms with Crippen molar-refractivity contribution in [2.75, 3.05) is 5.32 Å². The molecule has 0 atom stereocenters. The fourth-order valence-electron chi connectivity index (χ4n) is 1.70. The highest BCUT2D eigenvalue weighted by atomic mass is 35.5. The van der Waals surface area contributed by atoms with Crippen molar-refractivity contribution in [2.45, 2.75) is 25.7 Å². The molecule has 0 aromatic heterocycles. The Morgan fingerprint density at radius 3 is 2.86 bits per heavy atom. The molecule has 2 rings (SSSR count). The van der Waals surface area contributed by atoms with Gasteiger partial charge in [-0.3, -0.25) is 4.79 Å². The summed E-state index contributed by atoms with van der Waals surface area (Å²) in [6, 6.07) is 5.68. The predicted molar refractivity (Wildman–Crippen MR) is 57.6 cm³/mol. The summed E-state index contributed by atoms with van der Waals surface area (Å²) in [5.41, 5.74) is 2.06. The van der Waals surface area contributed by atoms with Crippen LogP contribution in [-0.2, 0) is 11.2 Å². The van der Waals surface area contributed by atoms with Gasteiger partial charge in [-0.2, -0.15) is 0 Å². The molecule has 0 saturated heterocycles. The maximum absolute atomic E-state index is 11.4. The molecule has 2 nitrogen and oxygen atoms in total. The summed E-state index contributed by atoms with van der Waals surface area (Å²) in [7, 11) is 0. The maximum Gasteiger partial charge on any atom is 0.224 e. The minimum Gasteiger partial charge on any atom is -0.326 e. The van der Waals surface area contributed by atoms with E-state index in [0.29, 0.717) is 11.4 Å². The highest BCUT2D eigenvalue weighted by Gasteiger charge is 2.10. The summed E-state index contributed by atoms with van der Waals surface area (Å²) in [5, 5.41) is 3.55. The molecule has 14 heavy (non-hydrogen) atoms. The van der Waals surface area contributed by atoms with Crippen molar-refractivity contribution >= 4 is 23.2 Å². The van der Waals surface area contributed by atoms with Gasteiger partial charge in [0.1, 0.15) is 0 Å². The van der Waals surface area contributed by atoms with Crippen LogP contribution in [0.25, 0.3) is 0 Å². The van der Waals surface area contributed by atoms with Gasteiger partial charge >= 0.3 is 0 Å². The zero-order valence-corrected chi connectivity index (χ0v) is 8.60. The number of hydrogen-bond donors (Lipinski definition) is 1. The van der Waals surface area contributed by atoms with Gasteiger partial charge in [0.2, 0.25) is 5.91 Å². The van der Waals surface area contributed by atoms with Crippen molar-refractivity contribution in [3.05, 3.63) is 28.8 Å². The van der Waals surface area contributed by atoms with Gasteiger partial charge in [-0.15, -0.1) is 0 Å². The van der Waals surface area contributed by atoms with E-state index in [1.807, 2.05) is 18.2 Å². The Morgan fingerprint density at radius 2 is 2.00 bits per heavy atom. The number of hydrogen-bond acceptors (Lipinski definition) is 1. The van der Waals surface area contributed by atoms with E-state index in [2.05, 4.69) is 5.32 Å². The molecule has 0 aliphatic carbocycles. The standard InChI is InChI=1S/C11H12ClNO/c12-9-6-5-8-3-1-2-4-11(14)13-10(8)7-9/h5-7H,1-4H2,(H,13,14). The van der Waals surface area contributed by atoms with Crippen LogP contribution in [0.2, 0.25) is 5.02 Å². The second kappa shape index (κ2) is 4.01. The monoisotopic (exact) mass is 209 g/mol. The molecule has 0 bridgehead atoms. The number of nitrogens with one attached hydrogen (secondary N) is 1. The van der Waals surface area contributed by atoms with Gasteiger partial charge in [0, 0.05) is 17.1 Å². The third-order valence-corrected chi connectivity index (χ3v) is 2.68. The van der Waals surface area contributed by atoms with E-state index >= 15 is 0 Å². The van der Waals surface area contributed by atoms with E-state index < -0.39 is 0 Å². The van der Waals surface area contributed by atoms with Crippen molar-refractivity contribution < 1.29 is 4.79 Å². The molecular weight excluding hydrogens is 198 g/mol. The van der Waals surface area contributed by atoms with Crippen LogP contribution in [-0.4, -0.2) is 5.91 Å². The SMILES string of the molecule is O=C1CCCCc2ccc(Cl)cc2N1. The number of fused-ring (bicyclic) bond motifs is 1. The number of rotatable bonds is 0. The number of carbonyl (C=O) groups is 1. The quantitative estimate of drug-likeness (QED) is 0.699. The molecule has 1 aromatic rings. The molecule has 1 N–H and O–H groups in total. The number of halogens is 1. The lowest BCUT2D eigenvalue weighted by Gasteiger charge is -2.14. The summed E-state index contributed by atoms with van der Waals surface area (Å²) in [6.45, 7) is 0. The van der Waals surface area contributed by atoms with E-state index in [1.54, 1.807) is 0 Å². The minimum absolute atomic E-state index is 0.0909. The van der Waals surface area contributed by atoms with Gasteiger partial charge < -0.3 is 5.32 Å². The maximum atomic E-state index is 11.4. The third-order valence-electron chi connectivity index (χ3n) is 2.45. The third kappa shape index (κ3) is 2.07. The molecule has 1 aromatic carbocycles. The molecule has 3 heteroatoms. The molecule has 1 aliphatic heterocycles. The van der Waals surface area contributed by atoms with Gasteiger partial charge in [-0.1, -0.05) is 17.7 Å². The number of amides is 1. The van der Waals surface area contributed by atoms with Crippen LogP contribution >= 0.6 is 11.6 Å². The molecule has 0 saturated carbocycles. The van der Waals surface area contributed by atoms with Crippen LogP contribution in [0, 0.1) is 0 Å². The van der Waals surface area contributed by atoms with Crippen molar-refractivity contribution in [1.29, 1.82) is 0 Å². The lowest BCUT2D eigenvalue weighted by atomic mass is 10.0. The fourth-order valence-corrected chi connectivity index (χ4v) is 1.87. The normalized spacial score (nSPS) is 16.5. The fraction of sp³-hybridized carbons (Fsp3) is 0.364. The number of benzene rings is 1. The predicted octanol–water partition coefficient (Wildman–Crippen LogP) is 3.00. The number of carbonyl (C=O) groups excluding carboxylic acids is 1. The molecule has 0 unspecified atom stereocenters. The summed E-state index contributed by atoms with van der Waals surface area (Å²) in [4.78, 5) is 11.4.